The van der Waals surface area contributed by atoms with E-state index in [1.807, 2.05) is 28.8 Å². The summed E-state index contributed by atoms with van der Waals surface area (Å²) in [5.74, 6) is 0.643. The van der Waals surface area contributed by atoms with Crippen LogP contribution in [-0.4, -0.2) is 45.3 Å². The van der Waals surface area contributed by atoms with Gasteiger partial charge < -0.3 is 10.2 Å². The zero-order chi connectivity index (χ0) is 21.8. The molecular weight excluding hydrogens is 434 g/mol. The van der Waals surface area contributed by atoms with Crippen molar-refractivity contribution in [3.63, 3.8) is 0 Å². The molecule has 1 aliphatic heterocycles. The number of Topliss-reactive ketones (excluding diaryl/α,β-unsaturated/α-hetero) is 1. The van der Waals surface area contributed by atoms with E-state index in [2.05, 4.69) is 20.4 Å². The monoisotopic (exact) mass is 455 g/mol. The maximum Gasteiger partial charge on any atom is 0.234 e. The van der Waals surface area contributed by atoms with Crippen LogP contribution in [0.5, 0.6) is 0 Å². The highest BCUT2D eigenvalue weighted by Gasteiger charge is 2.24. The number of ketones is 1. The average Bonchev–Trinajstić information content (AvgIpc) is 3.42. The number of para-hydroxylation sites is 1. The minimum atomic E-state index is -0.192. The molecule has 4 rings (SSSR count). The Morgan fingerprint density at radius 1 is 1.10 bits per heavy atom. The number of nitrogens with zero attached hydrogens (tertiary/aromatic N) is 4. The Hall–Kier alpha value is -2.84. The molecule has 1 aliphatic rings. The van der Waals surface area contributed by atoms with Crippen molar-refractivity contribution in [1.29, 1.82) is 0 Å². The van der Waals surface area contributed by atoms with E-state index >= 15 is 0 Å². The van der Waals surface area contributed by atoms with Gasteiger partial charge in [0.05, 0.1) is 16.5 Å². The second-order valence-electron chi connectivity index (χ2n) is 7.24. The predicted octanol–water partition coefficient (Wildman–Crippen LogP) is 4.45. The van der Waals surface area contributed by atoms with Gasteiger partial charge in [-0.3, -0.25) is 14.2 Å². The van der Waals surface area contributed by atoms with E-state index in [1.165, 1.54) is 18.7 Å². The lowest BCUT2D eigenvalue weighted by atomic mass is 10.1. The first-order valence-corrected chi connectivity index (χ1v) is 11.4. The highest BCUT2D eigenvalue weighted by Crippen LogP contribution is 2.31. The Labute approximate surface area is 189 Å². The zero-order valence-corrected chi connectivity index (χ0v) is 18.6. The summed E-state index contributed by atoms with van der Waals surface area (Å²) in [6, 6.07) is 14.4. The van der Waals surface area contributed by atoms with Gasteiger partial charge in [-0.05, 0) is 44.0 Å². The maximum absolute atomic E-state index is 12.5. The molecule has 1 N–H and O–H groups in total. The average molecular weight is 456 g/mol. The number of thioether (sulfide) groups is 1. The second-order valence-corrected chi connectivity index (χ2v) is 8.59. The Kier molecular flexibility index (Phi) is 6.58. The summed E-state index contributed by atoms with van der Waals surface area (Å²) in [6.07, 6.45) is 2.22. The molecule has 0 unspecified atom stereocenters. The molecule has 0 bridgehead atoms. The summed E-state index contributed by atoms with van der Waals surface area (Å²) in [4.78, 5) is 26.3. The third-order valence-corrected chi connectivity index (χ3v) is 6.23. The van der Waals surface area contributed by atoms with Crippen molar-refractivity contribution >= 4 is 46.7 Å². The van der Waals surface area contributed by atoms with Gasteiger partial charge in [0.15, 0.2) is 10.9 Å². The lowest BCUT2D eigenvalue weighted by Gasteiger charge is -2.19. The summed E-state index contributed by atoms with van der Waals surface area (Å²) >= 11 is 7.76. The van der Waals surface area contributed by atoms with E-state index in [4.69, 9.17) is 11.6 Å². The van der Waals surface area contributed by atoms with Crippen LogP contribution in [0.25, 0.3) is 5.69 Å². The van der Waals surface area contributed by atoms with Crippen molar-refractivity contribution < 1.29 is 9.59 Å². The normalized spacial score (nSPS) is 13.4. The zero-order valence-electron chi connectivity index (χ0n) is 17.0. The summed E-state index contributed by atoms with van der Waals surface area (Å²) in [5.41, 5.74) is 1.93. The molecule has 0 aliphatic carbocycles. The summed E-state index contributed by atoms with van der Waals surface area (Å²) < 4.78 is 1.92. The van der Waals surface area contributed by atoms with Gasteiger partial charge in [0.25, 0.3) is 0 Å². The molecule has 2 aromatic carbocycles. The van der Waals surface area contributed by atoms with Crippen LogP contribution in [-0.2, 0) is 4.79 Å². The van der Waals surface area contributed by atoms with E-state index < -0.39 is 0 Å². The van der Waals surface area contributed by atoms with Gasteiger partial charge in [-0.15, -0.1) is 10.2 Å². The molecule has 9 heteroatoms. The summed E-state index contributed by atoms with van der Waals surface area (Å²) in [6.45, 7) is 3.33. The molecule has 2 heterocycles. The number of hydrogen-bond acceptors (Lipinski definition) is 6. The number of halogens is 1. The third-order valence-electron chi connectivity index (χ3n) is 4.98. The number of nitrogens with one attached hydrogen (secondary N) is 1. The van der Waals surface area contributed by atoms with Crippen molar-refractivity contribution in [3.8, 4) is 5.69 Å². The van der Waals surface area contributed by atoms with Crippen molar-refractivity contribution in [2.75, 3.05) is 29.1 Å². The van der Waals surface area contributed by atoms with Gasteiger partial charge in [0.2, 0.25) is 11.9 Å². The first-order chi connectivity index (χ1) is 15.0. The van der Waals surface area contributed by atoms with Gasteiger partial charge in [-0.25, -0.2) is 0 Å². The molecule has 0 atom stereocenters. The largest absolute Gasteiger partial charge is 0.341 e. The van der Waals surface area contributed by atoms with Crippen molar-refractivity contribution in [1.82, 2.24) is 14.8 Å². The lowest BCUT2D eigenvalue weighted by Crippen LogP contribution is -2.22. The predicted molar refractivity (Wildman–Crippen MR) is 124 cm³/mol. The molecule has 0 radical (unpaired) electrons. The van der Waals surface area contributed by atoms with Crippen molar-refractivity contribution in [2.24, 2.45) is 0 Å². The number of hydrogen-bond donors (Lipinski definition) is 1. The minimum Gasteiger partial charge on any atom is -0.341 e. The molecule has 1 amide bonds. The van der Waals surface area contributed by atoms with Crippen molar-refractivity contribution in [2.45, 2.75) is 24.9 Å². The number of benzene rings is 2. The molecule has 160 valence electrons. The Bertz CT molecular complexity index is 1110. The number of rotatable bonds is 7. The van der Waals surface area contributed by atoms with Gasteiger partial charge in [0.1, 0.15) is 0 Å². The van der Waals surface area contributed by atoms with Crippen LogP contribution in [0, 0.1) is 0 Å². The topological polar surface area (TPSA) is 80.1 Å². The second kappa shape index (κ2) is 9.53. The number of carbonyl (C=O) groups is 2. The molecule has 7 nitrogen and oxygen atoms in total. The highest BCUT2D eigenvalue weighted by atomic mass is 35.5. The van der Waals surface area contributed by atoms with E-state index in [0.29, 0.717) is 21.4 Å². The fraction of sp³-hybridized carbons (Fsp3) is 0.273. The Morgan fingerprint density at radius 3 is 2.61 bits per heavy atom. The maximum atomic E-state index is 12.5. The molecule has 1 aromatic heterocycles. The van der Waals surface area contributed by atoms with E-state index in [0.717, 1.165) is 37.6 Å². The Balaban J connectivity index is 1.53. The van der Waals surface area contributed by atoms with Crippen molar-refractivity contribution in [3.05, 3.63) is 59.1 Å². The van der Waals surface area contributed by atoms with E-state index in [-0.39, 0.29) is 17.4 Å². The van der Waals surface area contributed by atoms with Crippen LogP contribution in [0.1, 0.15) is 30.1 Å². The highest BCUT2D eigenvalue weighted by molar-refractivity contribution is 7.99. The summed E-state index contributed by atoms with van der Waals surface area (Å²) in [5, 5.41) is 12.8. The quantitative estimate of drug-likeness (QED) is 0.418. The van der Waals surface area contributed by atoms with Crippen LogP contribution in [0.15, 0.2) is 53.7 Å². The lowest BCUT2D eigenvalue weighted by molar-refractivity contribution is -0.113. The van der Waals surface area contributed by atoms with E-state index in [1.54, 1.807) is 24.3 Å². The van der Waals surface area contributed by atoms with Crippen LogP contribution in [0.2, 0.25) is 5.02 Å². The first-order valence-electron chi connectivity index (χ1n) is 10.0. The fourth-order valence-corrected chi connectivity index (χ4v) is 4.42. The van der Waals surface area contributed by atoms with Gasteiger partial charge >= 0.3 is 0 Å². The molecule has 1 fully saturated rings. The van der Waals surface area contributed by atoms with Crippen LogP contribution < -0.4 is 10.2 Å². The number of aromatic nitrogens is 3. The standard InChI is InChI=1S/C22H22ClN5O2S/c1-15(29)16-7-6-8-17(13-16)24-20(30)14-31-22-26-25-21(27-11-4-5-12-27)28(22)19-10-3-2-9-18(19)23/h2-3,6-10,13H,4-5,11-12,14H2,1H3,(H,24,30). The first kappa shape index (κ1) is 21.4. The molecule has 0 spiro atoms. The van der Waals surface area contributed by atoms with Crippen LogP contribution >= 0.6 is 23.4 Å². The molecule has 3 aromatic rings. The minimum absolute atomic E-state index is 0.0484. The molecule has 0 saturated carbocycles. The fourth-order valence-electron chi connectivity index (χ4n) is 3.46. The molecule has 1 saturated heterocycles. The van der Waals surface area contributed by atoms with Gasteiger partial charge in [0, 0.05) is 24.3 Å². The number of carbonyl (C=O) groups excluding carboxylic acids is 2. The van der Waals surface area contributed by atoms with Crippen LogP contribution in [0.3, 0.4) is 0 Å². The summed E-state index contributed by atoms with van der Waals surface area (Å²) in [7, 11) is 0. The molecule has 31 heavy (non-hydrogen) atoms. The van der Waals surface area contributed by atoms with Gasteiger partial charge in [-0.2, -0.15) is 0 Å². The third kappa shape index (κ3) is 4.91. The SMILES string of the molecule is CC(=O)c1cccc(NC(=O)CSc2nnc(N3CCCC3)n2-c2ccccc2Cl)c1. The Morgan fingerprint density at radius 2 is 1.87 bits per heavy atom. The molecular formula is C22H22ClN5O2S. The van der Waals surface area contributed by atoms with Crippen LogP contribution in [0.4, 0.5) is 11.6 Å². The number of anilines is 2. The van der Waals surface area contributed by atoms with E-state index in [9.17, 15) is 9.59 Å². The number of amides is 1. The van der Waals surface area contributed by atoms with Gasteiger partial charge in [-0.1, -0.05) is 47.6 Å². The smallest absolute Gasteiger partial charge is 0.234 e.